The van der Waals surface area contributed by atoms with E-state index in [1.54, 1.807) is 31.4 Å². The lowest BCUT2D eigenvalue weighted by atomic mass is 10.3. The third kappa shape index (κ3) is 2.53. The predicted molar refractivity (Wildman–Crippen MR) is 81.2 cm³/mol. The van der Waals surface area contributed by atoms with Gasteiger partial charge in [-0.05, 0) is 24.3 Å². The third-order valence-electron chi connectivity index (χ3n) is 3.05. The molecule has 2 aromatic heterocycles. The van der Waals surface area contributed by atoms with E-state index in [1.165, 1.54) is 16.7 Å². The average molecular weight is 303 g/mol. The van der Waals surface area contributed by atoms with Crippen LogP contribution in [0.15, 0.2) is 41.3 Å². The summed E-state index contributed by atoms with van der Waals surface area (Å²) in [5.41, 5.74) is 1.03. The number of benzene rings is 1. The van der Waals surface area contributed by atoms with Crippen molar-refractivity contribution in [1.29, 1.82) is 0 Å². The summed E-state index contributed by atoms with van der Waals surface area (Å²) in [7, 11) is 1.65. The first-order chi connectivity index (χ1) is 10.0. The smallest absolute Gasteiger partial charge is 0.251 e. The van der Waals surface area contributed by atoms with Gasteiger partial charge in [-0.2, -0.15) is 4.98 Å². The monoisotopic (exact) mass is 302 g/mol. The van der Waals surface area contributed by atoms with Gasteiger partial charge < -0.3 is 10.4 Å². The van der Waals surface area contributed by atoms with E-state index in [4.69, 9.17) is 11.6 Å². The maximum atomic E-state index is 11.6. The van der Waals surface area contributed by atoms with Crippen molar-refractivity contribution in [2.24, 2.45) is 7.05 Å². The van der Waals surface area contributed by atoms with E-state index in [0.717, 1.165) is 5.39 Å². The van der Waals surface area contributed by atoms with Crippen LogP contribution in [0.3, 0.4) is 0 Å². The van der Waals surface area contributed by atoms with Gasteiger partial charge in [-0.1, -0.05) is 11.6 Å². The molecule has 0 bridgehead atoms. The first-order valence-corrected chi connectivity index (χ1v) is 6.51. The molecule has 0 spiro atoms. The normalized spacial score (nSPS) is 10.8. The summed E-state index contributed by atoms with van der Waals surface area (Å²) in [6, 6.07) is 7.84. The summed E-state index contributed by atoms with van der Waals surface area (Å²) in [5.74, 6) is 0.342. The quantitative estimate of drug-likeness (QED) is 0.711. The van der Waals surface area contributed by atoms with Crippen molar-refractivity contribution in [2.75, 3.05) is 5.32 Å². The number of pyridine rings is 1. The van der Waals surface area contributed by atoms with Crippen LogP contribution < -0.4 is 10.9 Å². The Morgan fingerprint density at radius 3 is 2.86 bits per heavy atom. The van der Waals surface area contributed by atoms with Crippen LogP contribution in [0, 0.1) is 0 Å². The largest absolute Gasteiger partial charge is 0.506 e. The molecule has 0 saturated heterocycles. The van der Waals surface area contributed by atoms with Crippen molar-refractivity contribution in [3.05, 3.63) is 51.9 Å². The summed E-state index contributed by atoms with van der Waals surface area (Å²) in [6.45, 7) is 0. The Balaban J connectivity index is 2.03. The summed E-state index contributed by atoms with van der Waals surface area (Å²) < 4.78 is 1.45. The molecule has 0 atom stereocenters. The summed E-state index contributed by atoms with van der Waals surface area (Å²) in [4.78, 5) is 20.1. The fourth-order valence-electron chi connectivity index (χ4n) is 1.92. The minimum atomic E-state index is -0.139. The highest BCUT2D eigenvalue weighted by atomic mass is 35.5. The first kappa shape index (κ1) is 13.4. The fraction of sp³-hybridized carbons (Fsp3) is 0.0714. The molecule has 1 aromatic carbocycles. The highest BCUT2D eigenvalue weighted by molar-refractivity contribution is 6.32. The minimum absolute atomic E-state index is 0.00374. The second-order valence-corrected chi connectivity index (χ2v) is 4.90. The number of phenols is 1. The molecule has 0 fully saturated rings. The number of hydrogen-bond donors (Lipinski definition) is 2. The molecule has 7 heteroatoms. The zero-order chi connectivity index (χ0) is 15.0. The predicted octanol–water partition coefficient (Wildman–Crippen LogP) is 2.43. The molecule has 3 aromatic rings. The van der Waals surface area contributed by atoms with Gasteiger partial charge in [0, 0.05) is 30.4 Å². The van der Waals surface area contributed by atoms with Gasteiger partial charge in [0.25, 0.3) is 5.56 Å². The molecule has 21 heavy (non-hydrogen) atoms. The standard InChI is InChI=1S/C14H11ClN4O2/c1-19-12(21)5-2-8-7-16-14(18-13(8)19)17-9-3-4-11(20)10(15)6-9/h2-7,20H,1H3,(H,16,17,18). The molecule has 0 aliphatic carbocycles. The zero-order valence-corrected chi connectivity index (χ0v) is 11.8. The maximum absolute atomic E-state index is 11.6. The second kappa shape index (κ2) is 5.06. The lowest BCUT2D eigenvalue weighted by Crippen LogP contribution is -2.16. The summed E-state index contributed by atoms with van der Waals surface area (Å²) in [5, 5.41) is 13.4. The van der Waals surface area contributed by atoms with Crippen LogP contribution in [0.5, 0.6) is 5.75 Å². The van der Waals surface area contributed by atoms with Crippen molar-refractivity contribution in [2.45, 2.75) is 0 Å². The molecule has 2 N–H and O–H groups in total. The number of hydrogen-bond acceptors (Lipinski definition) is 5. The van der Waals surface area contributed by atoms with E-state index in [0.29, 0.717) is 17.3 Å². The van der Waals surface area contributed by atoms with Crippen LogP contribution in [0.25, 0.3) is 11.0 Å². The molecular formula is C14H11ClN4O2. The lowest BCUT2D eigenvalue weighted by Gasteiger charge is -2.08. The van der Waals surface area contributed by atoms with Gasteiger partial charge in [0.15, 0.2) is 0 Å². The van der Waals surface area contributed by atoms with Gasteiger partial charge in [-0.15, -0.1) is 0 Å². The minimum Gasteiger partial charge on any atom is -0.506 e. The highest BCUT2D eigenvalue weighted by Crippen LogP contribution is 2.27. The van der Waals surface area contributed by atoms with E-state index in [2.05, 4.69) is 15.3 Å². The van der Waals surface area contributed by atoms with E-state index in [1.807, 2.05) is 0 Å². The number of nitrogens with zero attached hydrogens (tertiary/aromatic N) is 3. The van der Waals surface area contributed by atoms with Gasteiger partial charge in [-0.3, -0.25) is 9.36 Å². The van der Waals surface area contributed by atoms with Crippen LogP contribution in [-0.2, 0) is 7.05 Å². The van der Waals surface area contributed by atoms with Crippen LogP contribution in [0.1, 0.15) is 0 Å². The number of anilines is 2. The van der Waals surface area contributed by atoms with Gasteiger partial charge in [-0.25, -0.2) is 4.98 Å². The number of fused-ring (bicyclic) bond motifs is 1. The average Bonchev–Trinajstić information content (AvgIpc) is 2.47. The van der Waals surface area contributed by atoms with E-state index < -0.39 is 0 Å². The Labute approximate surface area is 124 Å². The zero-order valence-electron chi connectivity index (χ0n) is 11.0. The number of rotatable bonds is 2. The second-order valence-electron chi connectivity index (χ2n) is 4.49. The van der Waals surface area contributed by atoms with E-state index in [9.17, 15) is 9.90 Å². The lowest BCUT2D eigenvalue weighted by molar-refractivity contribution is 0.475. The van der Waals surface area contributed by atoms with Crippen LogP contribution in [-0.4, -0.2) is 19.6 Å². The Kier molecular flexibility index (Phi) is 3.23. The molecule has 0 saturated carbocycles. The molecule has 0 amide bonds. The van der Waals surface area contributed by atoms with Crippen molar-refractivity contribution >= 4 is 34.3 Å². The van der Waals surface area contributed by atoms with Gasteiger partial charge in [0.1, 0.15) is 11.4 Å². The number of aryl methyl sites for hydroxylation is 1. The number of aromatic nitrogens is 3. The topological polar surface area (TPSA) is 80.0 Å². The molecule has 0 unspecified atom stereocenters. The Morgan fingerprint density at radius 1 is 1.29 bits per heavy atom. The fourth-order valence-corrected chi connectivity index (χ4v) is 2.10. The number of halogens is 1. The molecule has 0 radical (unpaired) electrons. The molecule has 0 aliphatic heterocycles. The molecule has 3 rings (SSSR count). The molecule has 106 valence electrons. The number of nitrogens with one attached hydrogen (secondary N) is 1. The summed E-state index contributed by atoms with van der Waals surface area (Å²) in [6.07, 6.45) is 1.63. The van der Waals surface area contributed by atoms with Gasteiger partial charge in [0.05, 0.1) is 5.02 Å². The molecular weight excluding hydrogens is 292 g/mol. The Morgan fingerprint density at radius 2 is 2.10 bits per heavy atom. The third-order valence-corrected chi connectivity index (χ3v) is 3.36. The Hall–Kier alpha value is -2.60. The van der Waals surface area contributed by atoms with Crippen LogP contribution >= 0.6 is 11.6 Å². The Bertz CT molecular complexity index is 892. The van der Waals surface area contributed by atoms with Crippen molar-refractivity contribution in [3.63, 3.8) is 0 Å². The van der Waals surface area contributed by atoms with Crippen LogP contribution in [0.2, 0.25) is 5.02 Å². The first-order valence-electron chi connectivity index (χ1n) is 6.13. The number of phenolic OH excluding ortho intramolecular Hbond substituents is 1. The summed E-state index contributed by atoms with van der Waals surface area (Å²) >= 11 is 5.84. The number of aromatic hydroxyl groups is 1. The molecule has 6 nitrogen and oxygen atoms in total. The van der Waals surface area contributed by atoms with Crippen molar-refractivity contribution < 1.29 is 5.11 Å². The van der Waals surface area contributed by atoms with E-state index >= 15 is 0 Å². The van der Waals surface area contributed by atoms with E-state index in [-0.39, 0.29) is 16.3 Å². The SMILES string of the molecule is Cn1c(=O)ccc2cnc(Nc3ccc(O)c(Cl)c3)nc21. The highest BCUT2D eigenvalue weighted by Gasteiger charge is 2.05. The van der Waals surface area contributed by atoms with Crippen LogP contribution in [0.4, 0.5) is 11.6 Å². The van der Waals surface area contributed by atoms with Crippen molar-refractivity contribution in [1.82, 2.24) is 14.5 Å². The molecule has 2 heterocycles. The van der Waals surface area contributed by atoms with Gasteiger partial charge >= 0.3 is 0 Å². The van der Waals surface area contributed by atoms with Crippen molar-refractivity contribution in [3.8, 4) is 5.75 Å². The molecule has 0 aliphatic rings. The van der Waals surface area contributed by atoms with Gasteiger partial charge in [0.2, 0.25) is 5.95 Å². The maximum Gasteiger partial charge on any atom is 0.251 e.